The third-order valence-corrected chi connectivity index (χ3v) is 6.45. The Morgan fingerprint density at radius 1 is 1.16 bits per heavy atom. The van der Waals surface area contributed by atoms with E-state index in [-0.39, 0.29) is 22.9 Å². The maximum Gasteiger partial charge on any atom is 0.266 e. The second kappa shape index (κ2) is 9.13. The van der Waals surface area contributed by atoms with Crippen molar-refractivity contribution in [2.24, 2.45) is 0 Å². The minimum Gasteiger partial charge on any atom is -0.459 e. The molecule has 2 aromatic heterocycles. The summed E-state index contributed by atoms with van der Waals surface area (Å²) in [7, 11) is 0. The van der Waals surface area contributed by atoms with E-state index in [1.165, 1.54) is 11.8 Å². The van der Waals surface area contributed by atoms with Crippen LogP contribution in [0.15, 0.2) is 56.4 Å². The molecule has 0 N–H and O–H groups in total. The van der Waals surface area contributed by atoms with Crippen LogP contribution < -0.4 is 4.90 Å². The molecule has 0 spiro atoms. The van der Waals surface area contributed by atoms with Crippen molar-refractivity contribution in [1.82, 2.24) is 9.88 Å². The molecule has 3 aromatic rings. The first-order valence-electron chi connectivity index (χ1n) is 10.6. The van der Waals surface area contributed by atoms with E-state index in [2.05, 4.69) is 56.1 Å². The van der Waals surface area contributed by atoms with Gasteiger partial charge >= 0.3 is 0 Å². The van der Waals surface area contributed by atoms with Gasteiger partial charge in [0.05, 0.1) is 12.0 Å². The van der Waals surface area contributed by atoms with Crippen LogP contribution in [0.25, 0.3) is 11.7 Å². The lowest BCUT2D eigenvalue weighted by Crippen LogP contribution is -2.49. The summed E-state index contributed by atoms with van der Waals surface area (Å²) in [6.45, 7) is 8.88. The van der Waals surface area contributed by atoms with E-state index in [1.807, 2.05) is 9.80 Å². The van der Waals surface area contributed by atoms with Gasteiger partial charge in [0.15, 0.2) is 5.76 Å². The van der Waals surface area contributed by atoms with E-state index in [9.17, 15) is 10.1 Å². The van der Waals surface area contributed by atoms with Crippen LogP contribution in [0.2, 0.25) is 0 Å². The first kappa shape index (κ1) is 22.0. The van der Waals surface area contributed by atoms with E-state index < -0.39 is 0 Å². The van der Waals surface area contributed by atoms with E-state index in [1.54, 1.807) is 23.9 Å². The van der Waals surface area contributed by atoms with Crippen LogP contribution in [-0.2, 0) is 10.2 Å². The average Bonchev–Trinajstić information content (AvgIpc) is 3.47. The fraction of sp³-hybridized carbons (Fsp3) is 0.375. The largest absolute Gasteiger partial charge is 0.459 e. The van der Waals surface area contributed by atoms with Crippen molar-refractivity contribution in [3.8, 4) is 17.7 Å². The Morgan fingerprint density at radius 3 is 2.47 bits per heavy atom. The summed E-state index contributed by atoms with van der Waals surface area (Å²) in [6, 6.07) is 14.0. The predicted octanol–water partition coefficient (Wildman–Crippen LogP) is 4.54. The van der Waals surface area contributed by atoms with Crippen molar-refractivity contribution < 1.29 is 13.6 Å². The van der Waals surface area contributed by atoms with Crippen LogP contribution in [0.5, 0.6) is 0 Å². The summed E-state index contributed by atoms with van der Waals surface area (Å²) in [6.07, 6.45) is 1.53. The number of hydrogen-bond acceptors (Lipinski definition) is 7. The molecule has 1 amide bonds. The van der Waals surface area contributed by atoms with E-state index in [0.29, 0.717) is 43.6 Å². The number of carbonyl (C=O) groups is 1. The van der Waals surface area contributed by atoms with Gasteiger partial charge in [0.2, 0.25) is 17.5 Å². The van der Waals surface area contributed by atoms with E-state index >= 15 is 0 Å². The number of furan rings is 1. The Bertz CT molecular complexity index is 1100. The molecular formula is C24H26N4O3S. The number of thioether (sulfide) groups is 1. The standard InChI is InChI=1S/C24H26N4O3S/c1-24(2,3)17-6-8-18(9-7-17)32-16-21(29)27-10-12-28(13-11-27)23-19(15-25)26-22(31-23)20-5-4-14-30-20/h4-9,14H,10-13,16H2,1-3H3. The van der Waals surface area contributed by atoms with Gasteiger partial charge in [0.1, 0.15) is 6.07 Å². The molecule has 0 atom stereocenters. The highest BCUT2D eigenvalue weighted by Crippen LogP contribution is 2.29. The number of oxazole rings is 1. The molecule has 8 heteroatoms. The first-order chi connectivity index (χ1) is 15.3. The van der Waals surface area contributed by atoms with Gasteiger partial charge in [0, 0.05) is 31.1 Å². The SMILES string of the molecule is CC(C)(C)c1ccc(SCC(=O)N2CCN(c3oc(-c4ccco4)nc3C#N)CC2)cc1. The fourth-order valence-corrected chi connectivity index (χ4v) is 4.35. The minimum atomic E-state index is 0.115. The molecule has 4 rings (SSSR count). The number of aromatic nitrogens is 1. The fourth-order valence-electron chi connectivity index (χ4n) is 3.55. The monoisotopic (exact) mass is 450 g/mol. The third-order valence-electron chi connectivity index (χ3n) is 5.45. The molecule has 1 fully saturated rings. The van der Waals surface area contributed by atoms with Gasteiger partial charge in [0.25, 0.3) is 5.89 Å². The van der Waals surface area contributed by atoms with Crippen LogP contribution in [0.3, 0.4) is 0 Å². The number of nitriles is 1. The summed E-state index contributed by atoms with van der Waals surface area (Å²) < 4.78 is 11.1. The molecule has 0 saturated carbocycles. The molecule has 1 saturated heterocycles. The van der Waals surface area contributed by atoms with Gasteiger partial charge in [-0.1, -0.05) is 32.9 Å². The maximum atomic E-state index is 12.7. The molecule has 0 bridgehead atoms. The predicted molar refractivity (Wildman–Crippen MR) is 124 cm³/mol. The summed E-state index contributed by atoms with van der Waals surface area (Å²) in [5.74, 6) is 1.72. The molecule has 0 radical (unpaired) electrons. The molecule has 0 unspecified atom stereocenters. The second-order valence-corrected chi connectivity index (χ2v) is 9.74. The Morgan fingerprint density at radius 2 is 1.88 bits per heavy atom. The summed E-state index contributed by atoms with van der Waals surface area (Å²) >= 11 is 1.56. The van der Waals surface area contributed by atoms with Gasteiger partial charge in [-0.2, -0.15) is 10.2 Å². The van der Waals surface area contributed by atoms with Crippen molar-refractivity contribution in [1.29, 1.82) is 5.26 Å². The number of nitrogens with zero attached hydrogens (tertiary/aromatic N) is 4. The molecule has 1 aliphatic heterocycles. The number of benzene rings is 1. The van der Waals surface area contributed by atoms with Gasteiger partial charge in [-0.25, -0.2) is 0 Å². The number of hydrogen-bond donors (Lipinski definition) is 0. The summed E-state index contributed by atoms with van der Waals surface area (Å²) in [4.78, 5) is 21.9. The molecule has 166 valence electrons. The molecule has 3 heterocycles. The second-order valence-electron chi connectivity index (χ2n) is 8.69. The van der Waals surface area contributed by atoms with Gasteiger partial charge in [-0.15, -0.1) is 11.8 Å². The molecular weight excluding hydrogens is 424 g/mol. The lowest BCUT2D eigenvalue weighted by molar-refractivity contribution is -0.128. The van der Waals surface area contributed by atoms with Crippen molar-refractivity contribution in [3.63, 3.8) is 0 Å². The molecule has 1 aliphatic rings. The van der Waals surface area contributed by atoms with Crippen LogP contribution >= 0.6 is 11.8 Å². The maximum absolute atomic E-state index is 12.7. The normalized spacial score (nSPS) is 14.4. The summed E-state index contributed by atoms with van der Waals surface area (Å²) in [5.41, 5.74) is 1.63. The van der Waals surface area contributed by atoms with Gasteiger partial charge in [-0.3, -0.25) is 4.79 Å². The quantitative estimate of drug-likeness (QED) is 0.527. The molecule has 7 nitrogen and oxygen atoms in total. The van der Waals surface area contributed by atoms with Crippen molar-refractivity contribution in [2.75, 3.05) is 36.8 Å². The minimum absolute atomic E-state index is 0.115. The molecule has 1 aromatic carbocycles. The van der Waals surface area contributed by atoms with E-state index in [4.69, 9.17) is 8.83 Å². The zero-order chi connectivity index (χ0) is 22.7. The van der Waals surface area contributed by atoms with Crippen LogP contribution in [0.4, 0.5) is 5.88 Å². The highest BCUT2D eigenvalue weighted by molar-refractivity contribution is 8.00. The number of amides is 1. The van der Waals surface area contributed by atoms with Crippen LogP contribution in [0.1, 0.15) is 32.0 Å². The molecule has 32 heavy (non-hydrogen) atoms. The Labute approximate surface area is 192 Å². The van der Waals surface area contributed by atoms with Gasteiger partial charge < -0.3 is 18.6 Å². The Hall–Kier alpha value is -3.18. The van der Waals surface area contributed by atoms with Crippen molar-refractivity contribution in [2.45, 2.75) is 31.1 Å². The zero-order valence-electron chi connectivity index (χ0n) is 18.5. The molecule has 0 aliphatic carbocycles. The smallest absolute Gasteiger partial charge is 0.266 e. The Kier molecular flexibility index (Phi) is 6.28. The summed E-state index contributed by atoms with van der Waals surface area (Å²) in [5, 5.41) is 9.44. The number of carbonyl (C=O) groups excluding carboxylic acids is 1. The lowest BCUT2D eigenvalue weighted by atomic mass is 9.87. The first-order valence-corrected chi connectivity index (χ1v) is 11.5. The topological polar surface area (TPSA) is 86.5 Å². The highest BCUT2D eigenvalue weighted by atomic mass is 32.2. The van der Waals surface area contributed by atoms with E-state index in [0.717, 1.165) is 4.90 Å². The number of anilines is 1. The number of rotatable bonds is 5. The van der Waals surface area contributed by atoms with Gasteiger partial charge in [-0.05, 0) is 35.2 Å². The van der Waals surface area contributed by atoms with Crippen molar-refractivity contribution in [3.05, 3.63) is 53.9 Å². The van der Waals surface area contributed by atoms with Crippen molar-refractivity contribution >= 4 is 23.6 Å². The number of piperazine rings is 1. The Balaban J connectivity index is 1.32. The lowest BCUT2D eigenvalue weighted by Gasteiger charge is -2.34. The van der Waals surface area contributed by atoms with Crippen LogP contribution in [-0.4, -0.2) is 47.7 Å². The highest BCUT2D eigenvalue weighted by Gasteiger charge is 2.27. The third kappa shape index (κ3) is 4.83. The average molecular weight is 451 g/mol. The zero-order valence-corrected chi connectivity index (χ0v) is 19.3. The van der Waals surface area contributed by atoms with Crippen LogP contribution in [0, 0.1) is 11.3 Å².